The third-order valence-corrected chi connectivity index (χ3v) is 4.77. The van der Waals surface area contributed by atoms with Crippen molar-refractivity contribution >= 4 is 40.1 Å². The number of hydrogen-bond donors (Lipinski definition) is 1. The number of aromatic nitrogens is 1. The van der Waals surface area contributed by atoms with Crippen LogP contribution in [0.2, 0.25) is 10.0 Å². The van der Waals surface area contributed by atoms with Crippen molar-refractivity contribution < 1.29 is 19.0 Å². The lowest BCUT2D eigenvalue weighted by molar-refractivity contribution is -0.250. The molecular formula is C16H17Cl2NO4. The molecule has 1 aliphatic heterocycles. The van der Waals surface area contributed by atoms with E-state index in [-0.39, 0.29) is 0 Å². The van der Waals surface area contributed by atoms with Crippen LogP contribution in [0.1, 0.15) is 24.6 Å². The van der Waals surface area contributed by atoms with Gasteiger partial charge in [-0.2, -0.15) is 0 Å². The predicted octanol–water partition coefficient (Wildman–Crippen LogP) is 3.80. The number of ether oxygens (including phenoxy) is 3. The van der Waals surface area contributed by atoms with E-state index in [1.54, 1.807) is 13.2 Å². The highest BCUT2D eigenvalue weighted by molar-refractivity contribution is 6.45. The van der Waals surface area contributed by atoms with E-state index in [1.807, 2.05) is 6.07 Å². The summed E-state index contributed by atoms with van der Waals surface area (Å²) in [5.41, 5.74) is 2.51. The van der Waals surface area contributed by atoms with Crippen LogP contribution >= 0.6 is 23.2 Å². The van der Waals surface area contributed by atoms with Crippen molar-refractivity contribution in [2.45, 2.75) is 25.6 Å². The van der Waals surface area contributed by atoms with Crippen molar-refractivity contribution in [2.24, 2.45) is 0 Å². The maximum atomic E-state index is 11.6. The standard InChI is InChI=1S/C16H17Cl2NO4/c1-9(20)23-16(6-8-21-2)15-10(5-7-22-16)13-12(19-15)4-3-11(17)14(13)18/h3-4,19H,5-8H2,1-2H3. The molecule has 1 N–H and O–H groups in total. The van der Waals surface area contributed by atoms with Gasteiger partial charge in [0.15, 0.2) is 0 Å². The van der Waals surface area contributed by atoms with Gasteiger partial charge in [-0.25, -0.2) is 0 Å². The molecule has 2 heterocycles. The van der Waals surface area contributed by atoms with Crippen LogP contribution in [-0.2, 0) is 31.2 Å². The SMILES string of the molecule is COCCC1(OC(C)=O)OCCc2c1[nH]c1ccc(Cl)c(Cl)c21. The fraction of sp³-hybridized carbons (Fsp3) is 0.438. The third-order valence-electron chi connectivity index (χ3n) is 3.97. The van der Waals surface area contributed by atoms with E-state index in [0.717, 1.165) is 16.5 Å². The van der Waals surface area contributed by atoms with Crippen molar-refractivity contribution in [3.05, 3.63) is 33.4 Å². The predicted molar refractivity (Wildman–Crippen MR) is 87.9 cm³/mol. The van der Waals surface area contributed by atoms with Crippen molar-refractivity contribution in [3.8, 4) is 0 Å². The normalized spacial score (nSPS) is 20.5. The number of carbonyl (C=O) groups excluding carboxylic acids is 1. The molecule has 0 aliphatic carbocycles. The second-order valence-electron chi connectivity index (χ2n) is 5.45. The van der Waals surface area contributed by atoms with E-state index in [2.05, 4.69) is 4.98 Å². The van der Waals surface area contributed by atoms with Gasteiger partial charge in [0.25, 0.3) is 5.79 Å². The Morgan fingerprint density at radius 1 is 1.43 bits per heavy atom. The molecule has 124 valence electrons. The lowest BCUT2D eigenvalue weighted by atomic mass is 9.98. The van der Waals surface area contributed by atoms with Crippen molar-refractivity contribution in [1.82, 2.24) is 4.98 Å². The van der Waals surface area contributed by atoms with Crippen LogP contribution < -0.4 is 0 Å². The maximum Gasteiger partial charge on any atom is 0.305 e. The summed E-state index contributed by atoms with van der Waals surface area (Å²) >= 11 is 12.5. The molecule has 1 aliphatic rings. The molecule has 1 aromatic heterocycles. The first-order valence-corrected chi connectivity index (χ1v) is 8.05. The first-order chi connectivity index (χ1) is 11.0. The first kappa shape index (κ1) is 16.6. The number of methoxy groups -OCH3 is 1. The monoisotopic (exact) mass is 357 g/mol. The smallest absolute Gasteiger partial charge is 0.305 e. The first-order valence-electron chi connectivity index (χ1n) is 7.30. The lowest BCUT2D eigenvalue weighted by Gasteiger charge is -2.36. The summed E-state index contributed by atoms with van der Waals surface area (Å²) in [6.45, 7) is 2.16. The zero-order chi connectivity index (χ0) is 16.6. The Labute approximate surface area is 143 Å². The molecule has 5 nitrogen and oxygen atoms in total. The summed E-state index contributed by atoms with van der Waals surface area (Å²) in [5.74, 6) is -1.61. The highest BCUT2D eigenvalue weighted by atomic mass is 35.5. The highest BCUT2D eigenvalue weighted by Gasteiger charge is 2.43. The number of H-pyrrole nitrogens is 1. The molecule has 0 bridgehead atoms. The molecule has 1 unspecified atom stereocenters. The summed E-state index contributed by atoms with van der Waals surface area (Å²) in [5, 5.41) is 1.83. The van der Waals surface area contributed by atoms with E-state index in [1.165, 1.54) is 6.92 Å². The largest absolute Gasteiger partial charge is 0.427 e. The summed E-state index contributed by atoms with van der Waals surface area (Å²) in [6.07, 6.45) is 1.04. The van der Waals surface area contributed by atoms with Gasteiger partial charge in [0, 0.05) is 31.4 Å². The van der Waals surface area contributed by atoms with Crippen molar-refractivity contribution in [1.29, 1.82) is 0 Å². The van der Waals surface area contributed by atoms with Gasteiger partial charge in [0.05, 0.1) is 29.0 Å². The van der Waals surface area contributed by atoms with Crippen LogP contribution in [-0.4, -0.2) is 31.3 Å². The summed E-state index contributed by atoms with van der Waals surface area (Å²) < 4.78 is 16.6. The lowest BCUT2D eigenvalue weighted by Crippen LogP contribution is -2.40. The van der Waals surface area contributed by atoms with Crippen LogP contribution in [0.3, 0.4) is 0 Å². The Hall–Kier alpha value is -1.27. The summed E-state index contributed by atoms with van der Waals surface area (Å²) in [4.78, 5) is 14.9. The van der Waals surface area contributed by atoms with Gasteiger partial charge in [-0.1, -0.05) is 23.2 Å². The zero-order valence-corrected chi connectivity index (χ0v) is 14.4. The molecule has 1 atom stereocenters. The minimum absolute atomic E-state index is 0.383. The molecule has 0 spiro atoms. The quantitative estimate of drug-likeness (QED) is 0.845. The zero-order valence-electron chi connectivity index (χ0n) is 12.9. The topological polar surface area (TPSA) is 60.6 Å². The summed E-state index contributed by atoms with van der Waals surface area (Å²) in [7, 11) is 1.59. The number of hydrogen-bond acceptors (Lipinski definition) is 4. The molecular weight excluding hydrogens is 341 g/mol. The number of nitrogens with one attached hydrogen (secondary N) is 1. The molecule has 7 heteroatoms. The number of carbonyl (C=O) groups is 1. The summed E-state index contributed by atoms with van der Waals surface area (Å²) in [6, 6.07) is 3.59. The fourth-order valence-electron chi connectivity index (χ4n) is 3.05. The van der Waals surface area contributed by atoms with E-state index in [0.29, 0.717) is 41.8 Å². The third kappa shape index (κ3) is 2.83. The molecule has 23 heavy (non-hydrogen) atoms. The minimum Gasteiger partial charge on any atom is -0.427 e. The highest BCUT2D eigenvalue weighted by Crippen LogP contribution is 2.43. The maximum absolute atomic E-state index is 11.6. The van der Waals surface area contributed by atoms with E-state index >= 15 is 0 Å². The van der Waals surface area contributed by atoms with Crippen LogP contribution in [0.4, 0.5) is 0 Å². The Morgan fingerprint density at radius 2 is 2.22 bits per heavy atom. The van der Waals surface area contributed by atoms with E-state index in [4.69, 9.17) is 37.4 Å². The van der Waals surface area contributed by atoms with Crippen LogP contribution in [0, 0.1) is 0 Å². The minimum atomic E-state index is -1.19. The Bertz CT molecular complexity index is 758. The van der Waals surface area contributed by atoms with Gasteiger partial charge in [-0.15, -0.1) is 0 Å². The van der Waals surface area contributed by atoms with Gasteiger partial charge < -0.3 is 19.2 Å². The molecule has 3 rings (SSSR count). The number of aromatic amines is 1. The number of rotatable bonds is 4. The second kappa shape index (κ2) is 6.32. The fourth-order valence-corrected chi connectivity index (χ4v) is 3.48. The number of benzene rings is 1. The molecule has 0 saturated heterocycles. The van der Waals surface area contributed by atoms with Gasteiger partial charge in [-0.05, 0) is 24.1 Å². The van der Waals surface area contributed by atoms with E-state index in [9.17, 15) is 4.79 Å². The van der Waals surface area contributed by atoms with Crippen LogP contribution in [0.25, 0.3) is 10.9 Å². The molecule has 0 fully saturated rings. The Morgan fingerprint density at radius 3 is 2.91 bits per heavy atom. The molecule has 0 radical (unpaired) electrons. The Balaban J connectivity index is 2.20. The molecule has 1 aromatic carbocycles. The average Bonchev–Trinajstić information content (AvgIpc) is 2.89. The second-order valence-corrected chi connectivity index (χ2v) is 6.24. The van der Waals surface area contributed by atoms with E-state index < -0.39 is 11.8 Å². The van der Waals surface area contributed by atoms with Crippen LogP contribution in [0.15, 0.2) is 12.1 Å². The molecule has 0 amide bonds. The van der Waals surface area contributed by atoms with Gasteiger partial charge in [0.2, 0.25) is 0 Å². The Kier molecular flexibility index (Phi) is 4.56. The molecule has 2 aromatic rings. The van der Waals surface area contributed by atoms with Crippen LogP contribution in [0.5, 0.6) is 0 Å². The van der Waals surface area contributed by atoms with Gasteiger partial charge >= 0.3 is 5.97 Å². The number of halogens is 2. The van der Waals surface area contributed by atoms with Crippen molar-refractivity contribution in [3.63, 3.8) is 0 Å². The molecule has 0 saturated carbocycles. The average molecular weight is 358 g/mol. The van der Waals surface area contributed by atoms with Gasteiger partial charge in [-0.3, -0.25) is 4.79 Å². The number of fused-ring (bicyclic) bond motifs is 3. The van der Waals surface area contributed by atoms with Crippen molar-refractivity contribution in [2.75, 3.05) is 20.3 Å². The number of esters is 1. The van der Waals surface area contributed by atoms with Gasteiger partial charge in [0.1, 0.15) is 0 Å².